The molecule has 18 heavy (non-hydrogen) atoms. The lowest BCUT2D eigenvalue weighted by Gasteiger charge is -2.23. The Kier molecular flexibility index (Phi) is 5.24. The second kappa shape index (κ2) is 6.50. The molecule has 1 amide bonds. The number of hydrogen-bond acceptors (Lipinski definition) is 2. The minimum atomic E-state index is -0.0822. The van der Waals surface area contributed by atoms with E-state index < -0.39 is 0 Å². The molecule has 0 radical (unpaired) electrons. The van der Waals surface area contributed by atoms with E-state index in [2.05, 4.69) is 58.4 Å². The molecular formula is C12H13Br3N2O. The van der Waals surface area contributed by atoms with Crippen molar-refractivity contribution >= 4 is 59.4 Å². The number of amides is 1. The van der Waals surface area contributed by atoms with Crippen molar-refractivity contribution in [2.45, 2.75) is 25.3 Å². The Hall–Kier alpha value is 0.0900. The Labute approximate surface area is 131 Å². The lowest BCUT2D eigenvalue weighted by atomic mass is 10.0. The minimum Gasteiger partial charge on any atom is -0.323 e. The number of benzene rings is 1. The number of anilines is 1. The van der Waals surface area contributed by atoms with Crippen LogP contribution in [0.2, 0.25) is 0 Å². The monoisotopic (exact) mass is 438 g/mol. The van der Waals surface area contributed by atoms with Gasteiger partial charge in [-0.1, -0.05) is 22.4 Å². The van der Waals surface area contributed by atoms with Crippen LogP contribution in [0.5, 0.6) is 0 Å². The minimum absolute atomic E-state index is 0.0263. The lowest BCUT2D eigenvalue weighted by molar-refractivity contribution is -0.118. The van der Waals surface area contributed by atoms with E-state index >= 15 is 0 Å². The summed E-state index contributed by atoms with van der Waals surface area (Å²) in [4.78, 5) is 12.1. The van der Waals surface area contributed by atoms with Gasteiger partial charge in [0.25, 0.3) is 0 Å². The molecule has 0 aromatic heterocycles. The Morgan fingerprint density at radius 1 is 1.22 bits per heavy atom. The van der Waals surface area contributed by atoms with Gasteiger partial charge in [-0.05, 0) is 63.4 Å². The van der Waals surface area contributed by atoms with Crippen molar-refractivity contribution in [1.82, 2.24) is 5.32 Å². The van der Waals surface area contributed by atoms with Gasteiger partial charge in [-0.25, -0.2) is 0 Å². The fourth-order valence-electron chi connectivity index (χ4n) is 1.95. The second-order valence-corrected chi connectivity index (χ2v) is 6.86. The Balaban J connectivity index is 2.11. The van der Waals surface area contributed by atoms with Crippen LogP contribution in [0.3, 0.4) is 0 Å². The van der Waals surface area contributed by atoms with Crippen LogP contribution in [0.25, 0.3) is 0 Å². The van der Waals surface area contributed by atoms with E-state index in [0.717, 1.165) is 44.9 Å². The van der Waals surface area contributed by atoms with Crippen LogP contribution in [0.4, 0.5) is 5.69 Å². The van der Waals surface area contributed by atoms with Crippen LogP contribution in [-0.4, -0.2) is 18.5 Å². The van der Waals surface area contributed by atoms with Gasteiger partial charge in [0.1, 0.15) is 0 Å². The SMILES string of the molecule is O=C(Nc1c(Br)cc(Br)cc1Br)[C@@H]1CCCCN1. The zero-order valence-corrected chi connectivity index (χ0v) is 14.4. The molecule has 1 atom stereocenters. The van der Waals surface area contributed by atoms with Crippen LogP contribution in [-0.2, 0) is 4.79 Å². The fourth-order valence-corrected chi connectivity index (χ4v) is 4.40. The van der Waals surface area contributed by atoms with Gasteiger partial charge in [-0.2, -0.15) is 0 Å². The molecule has 6 heteroatoms. The summed E-state index contributed by atoms with van der Waals surface area (Å²) < 4.78 is 2.66. The third kappa shape index (κ3) is 3.56. The standard InChI is InChI=1S/C12H13Br3N2O/c13-7-5-8(14)11(9(15)6-7)17-12(18)10-3-1-2-4-16-10/h5-6,10,16H,1-4H2,(H,17,18)/t10-/m0/s1. The van der Waals surface area contributed by atoms with Gasteiger partial charge in [0.05, 0.1) is 11.7 Å². The molecular weight excluding hydrogens is 428 g/mol. The van der Waals surface area contributed by atoms with E-state index in [-0.39, 0.29) is 11.9 Å². The van der Waals surface area contributed by atoms with E-state index in [1.54, 1.807) is 0 Å². The Morgan fingerprint density at radius 3 is 2.44 bits per heavy atom. The van der Waals surface area contributed by atoms with Gasteiger partial charge in [0.15, 0.2) is 0 Å². The van der Waals surface area contributed by atoms with Gasteiger partial charge in [0, 0.05) is 13.4 Å². The van der Waals surface area contributed by atoms with Crippen molar-refractivity contribution < 1.29 is 4.79 Å². The molecule has 0 aliphatic carbocycles. The topological polar surface area (TPSA) is 41.1 Å². The van der Waals surface area contributed by atoms with Crippen LogP contribution < -0.4 is 10.6 Å². The summed E-state index contributed by atoms with van der Waals surface area (Å²) in [5.41, 5.74) is 0.774. The third-order valence-corrected chi connectivity index (χ3v) is 4.59. The molecule has 0 bridgehead atoms. The highest BCUT2D eigenvalue weighted by atomic mass is 79.9. The van der Waals surface area contributed by atoms with Gasteiger partial charge in [-0.15, -0.1) is 0 Å². The summed E-state index contributed by atoms with van der Waals surface area (Å²) in [5, 5.41) is 6.20. The molecule has 1 aromatic rings. The van der Waals surface area contributed by atoms with Crippen molar-refractivity contribution in [1.29, 1.82) is 0 Å². The molecule has 1 heterocycles. The molecule has 1 aliphatic heterocycles. The van der Waals surface area contributed by atoms with E-state index in [1.807, 2.05) is 12.1 Å². The average Bonchev–Trinajstić information content (AvgIpc) is 2.34. The highest BCUT2D eigenvalue weighted by Gasteiger charge is 2.21. The smallest absolute Gasteiger partial charge is 0.241 e. The first-order valence-electron chi connectivity index (χ1n) is 5.76. The number of carbonyl (C=O) groups is 1. The Bertz CT molecular complexity index is 436. The zero-order chi connectivity index (χ0) is 13.1. The van der Waals surface area contributed by atoms with Crippen LogP contribution in [0.15, 0.2) is 25.6 Å². The predicted molar refractivity (Wildman–Crippen MR) is 83.8 cm³/mol. The Morgan fingerprint density at radius 2 is 1.89 bits per heavy atom. The highest BCUT2D eigenvalue weighted by molar-refractivity contribution is 9.11. The quantitative estimate of drug-likeness (QED) is 0.728. The van der Waals surface area contributed by atoms with Crippen molar-refractivity contribution in [3.05, 3.63) is 25.6 Å². The normalized spacial score (nSPS) is 19.6. The summed E-state index contributed by atoms with van der Waals surface area (Å²) in [7, 11) is 0. The van der Waals surface area contributed by atoms with E-state index in [1.165, 1.54) is 0 Å². The molecule has 1 fully saturated rings. The molecule has 0 saturated carbocycles. The molecule has 2 N–H and O–H groups in total. The number of rotatable bonds is 2. The van der Waals surface area contributed by atoms with Crippen LogP contribution in [0.1, 0.15) is 19.3 Å². The number of hydrogen-bond donors (Lipinski definition) is 2. The van der Waals surface area contributed by atoms with Crippen molar-refractivity contribution in [3.8, 4) is 0 Å². The summed E-state index contributed by atoms with van der Waals surface area (Å²) in [6, 6.07) is 3.74. The molecule has 2 rings (SSSR count). The van der Waals surface area contributed by atoms with Crippen LogP contribution >= 0.6 is 47.8 Å². The van der Waals surface area contributed by atoms with E-state index in [9.17, 15) is 4.79 Å². The lowest BCUT2D eigenvalue weighted by Crippen LogP contribution is -2.43. The zero-order valence-electron chi connectivity index (χ0n) is 9.60. The summed E-state index contributed by atoms with van der Waals surface area (Å²) in [6.45, 7) is 0.917. The van der Waals surface area contributed by atoms with Gasteiger partial charge in [0.2, 0.25) is 5.91 Å². The summed E-state index contributed by atoms with van der Waals surface area (Å²) >= 11 is 10.3. The maximum absolute atomic E-state index is 12.1. The first kappa shape index (κ1) is 14.5. The molecule has 3 nitrogen and oxygen atoms in total. The first-order chi connectivity index (χ1) is 8.58. The highest BCUT2D eigenvalue weighted by Crippen LogP contribution is 2.34. The van der Waals surface area contributed by atoms with Crippen molar-refractivity contribution in [2.75, 3.05) is 11.9 Å². The van der Waals surface area contributed by atoms with Gasteiger partial charge >= 0.3 is 0 Å². The van der Waals surface area contributed by atoms with Crippen molar-refractivity contribution in [2.24, 2.45) is 0 Å². The fraction of sp³-hybridized carbons (Fsp3) is 0.417. The average molecular weight is 441 g/mol. The van der Waals surface area contributed by atoms with Crippen LogP contribution in [0, 0.1) is 0 Å². The number of carbonyl (C=O) groups excluding carboxylic acids is 1. The number of piperidine rings is 1. The molecule has 1 saturated heterocycles. The number of nitrogens with one attached hydrogen (secondary N) is 2. The maximum atomic E-state index is 12.1. The van der Waals surface area contributed by atoms with E-state index in [0.29, 0.717) is 0 Å². The molecule has 1 aliphatic rings. The molecule has 98 valence electrons. The summed E-state index contributed by atoms with van der Waals surface area (Å²) in [6.07, 6.45) is 3.15. The predicted octanol–water partition coefficient (Wildman–Crippen LogP) is 4.05. The molecule has 0 spiro atoms. The van der Waals surface area contributed by atoms with Crippen molar-refractivity contribution in [3.63, 3.8) is 0 Å². The molecule has 1 aromatic carbocycles. The molecule has 0 unspecified atom stereocenters. The van der Waals surface area contributed by atoms with Gasteiger partial charge < -0.3 is 10.6 Å². The number of halogens is 3. The maximum Gasteiger partial charge on any atom is 0.241 e. The van der Waals surface area contributed by atoms with Gasteiger partial charge in [-0.3, -0.25) is 4.79 Å². The largest absolute Gasteiger partial charge is 0.323 e. The second-order valence-electron chi connectivity index (χ2n) is 4.24. The third-order valence-electron chi connectivity index (χ3n) is 2.88. The summed E-state index contributed by atoms with van der Waals surface area (Å²) in [5.74, 6) is 0.0263. The first-order valence-corrected chi connectivity index (χ1v) is 8.14. The van der Waals surface area contributed by atoms with E-state index in [4.69, 9.17) is 0 Å².